The molecule has 8 heteroatoms. The zero-order chi connectivity index (χ0) is 18.4. The zero-order valence-corrected chi connectivity index (χ0v) is 19.6. The van der Waals surface area contributed by atoms with Gasteiger partial charge in [-0.05, 0) is 31.9 Å². The third kappa shape index (κ3) is 6.50. The van der Waals surface area contributed by atoms with Crippen molar-refractivity contribution in [2.45, 2.75) is 32.2 Å². The van der Waals surface area contributed by atoms with Crippen molar-refractivity contribution in [1.29, 1.82) is 0 Å². The monoisotopic (exact) mass is 519 g/mol. The second kappa shape index (κ2) is 11.1. The number of hydrogen-bond acceptors (Lipinski definition) is 4. The van der Waals surface area contributed by atoms with Crippen LogP contribution in [0.15, 0.2) is 35.5 Å². The third-order valence-electron chi connectivity index (χ3n) is 4.48. The van der Waals surface area contributed by atoms with Crippen LogP contribution in [-0.2, 0) is 6.42 Å². The molecule has 3 rings (SSSR count). The van der Waals surface area contributed by atoms with Crippen molar-refractivity contribution in [3.05, 3.63) is 45.4 Å². The molecule has 0 aliphatic carbocycles. The molecular formula is C19H27ClIN5S. The highest BCUT2D eigenvalue weighted by molar-refractivity contribution is 14.0. The van der Waals surface area contributed by atoms with Gasteiger partial charge in [0.2, 0.25) is 0 Å². The normalized spacial score (nSPS) is 17.4. The summed E-state index contributed by atoms with van der Waals surface area (Å²) in [6.07, 6.45) is 5.11. The molecule has 27 heavy (non-hydrogen) atoms. The minimum atomic E-state index is 0. The van der Waals surface area contributed by atoms with Gasteiger partial charge in [-0.25, -0.2) is 4.98 Å². The van der Waals surface area contributed by atoms with Crippen molar-refractivity contribution in [2.75, 3.05) is 31.6 Å². The summed E-state index contributed by atoms with van der Waals surface area (Å²) in [5.74, 6) is 0.851. The number of rotatable bonds is 5. The molecule has 1 aliphatic heterocycles. The van der Waals surface area contributed by atoms with Crippen LogP contribution < -0.4 is 15.5 Å². The molecule has 0 spiro atoms. The predicted octanol–water partition coefficient (Wildman–Crippen LogP) is 4.10. The molecule has 1 atom stereocenters. The highest BCUT2D eigenvalue weighted by Crippen LogP contribution is 2.27. The Hall–Kier alpha value is -1.06. The van der Waals surface area contributed by atoms with Crippen molar-refractivity contribution < 1.29 is 0 Å². The standard InChI is InChI=1S/C19H26ClN5S.HI/c1-14-12-23-18(26-14)9-10-22-19(21-2)24-15-6-5-11-25(13-15)17-8-4-3-7-16(17)20;/h3-4,7-8,12,15H,5-6,9-11,13H2,1-2H3,(H2,21,22,24);1H. The Kier molecular flexibility index (Phi) is 9.11. The number of nitrogens with one attached hydrogen (secondary N) is 2. The van der Waals surface area contributed by atoms with Gasteiger partial charge in [-0.2, -0.15) is 0 Å². The zero-order valence-electron chi connectivity index (χ0n) is 15.7. The summed E-state index contributed by atoms with van der Waals surface area (Å²) in [6, 6.07) is 8.41. The van der Waals surface area contributed by atoms with Crippen LogP contribution in [0.5, 0.6) is 0 Å². The van der Waals surface area contributed by atoms with E-state index < -0.39 is 0 Å². The summed E-state index contributed by atoms with van der Waals surface area (Å²) < 4.78 is 0. The molecule has 1 aromatic heterocycles. The van der Waals surface area contributed by atoms with E-state index in [1.807, 2.05) is 31.4 Å². The summed E-state index contributed by atoms with van der Waals surface area (Å²) in [7, 11) is 1.82. The number of aryl methyl sites for hydroxylation is 1. The maximum atomic E-state index is 6.36. The van der Waals surface area contributed by atoms with Gasteiger partial charge in [-0.15, -0.1) is 35.3 Å². The molecule has 148 valence electrons. The fraction of sp³-hybridized carbons (Fsp3) is 0.474. The number of thiazole rings is 1. The lowest BCUT2D eigenvalue weighted by Gasteiger charge is -2.35. The van der Waals surface area contributed by atoms with Crippen LogP contribution in [0.25, 0.3) is 0 Å². The summed E-state index contributed by atoms with van der Waals surface area (Å²) >= 11 is 8.12. The van der Waals surface area contributed by atoms with Gasteiger partial charge in [-0.3, -0.25) is 4.99 Å². The molecule has 2 heterocycles. The number of para-hydroxylation sites is 1. The lowest BCUT2D eigenvalue weighted by Crippen LogP contribution is -2.51. The quantitative estimate of drug-likeness (QED) is 0.355. The summed E-state index contributed by atoms with van der Waals surface area (Å²) in [5.41, 5.74) is 1.11. The lowest BCUT2D eigenvalue weighted by molar-refractivity contribution is 0.468. The fourth-order valence-electron chi connectivity index (χ4n) is 3.21. The second-order valence-corrected chi connectivity index (χ2v) is 8.22. The van der Waals surface area contributed by atoms with Crippen LogP contribution >= 0.6 is 46.9 Å². The number of halogens is 2. The van der Waals surface area contributed by atoms with Gasteiger partial charge in [0.25, 0.3) is 0 Å². The molecule has 1 aliphatic rings. The van der Waals surface area contributed by atoms with Crippen molar-refractivity contribution in [3.63, 3.8) is 0 Å². The predicted molar refractivity (Wildman–Crippen MR) is 127 cm³/mol. The van der Waals surface area contributed by atoms with E-state index in [1.165, 1.54) is 4.88 Å². The van der Waals surface area contributed by atoms with E-state index >= 15 is 0 Å². The average molecular weight is 520 g/mol. The molecule has 1 saturated heterocycles. The maximum absolute atomic E-state index is 6.36. The molecule has 1 unspecified atom stereocenters. The van der Waals surface area contributed by atoms with Crippen molar-refractivity contribution >= 4 is 58.6 Å². The van der Waals surface area contributed by atoms with Gasteiger partial charge in [0, 0.05) is 50.2 Å². The fourth-order valence-corrected chi connectivity index (χ4v) is 4.26. The summed E-state index contributed by atoms with van der Waals surface area (Å²) in [5, 5.41) is 8.93. The van der Waals surface area contributed by atoms with Crippen molar-refractivity contribution in [2.24, 2.45) is 4.99 Å². The van der Waals surface area contributed by atoms with E-state index in [1.54, 1.807) is 11.3 Å². The largest absolute Gasteiger partial charge is 0.368 e. The highest BCUT2D eigenvalue weighted by Gasteiger charge is 2.22. The van der Waals surface area contributed by atoms with Crippen LogP contribution in [0.3, 0.4) is 0 Å². The van der Waals surface area contributed by atoms with Crippen LogP contribution in [0.1, 0.15) is 22.7 Å². The Morgan fingerprint density at radius 3 is 2.93 bits per heavy atom. The van der Waals surface area contributed by atoms with Gasteiger partial charge in [0.1, 0.15) is 0 Å². The number of piperidine rings is 1. The van der Waals surface area contributed by atoms with Gasteiger partial charge in [0.05, 0.1) is 15.7 Å². The first-order valence-corrected chi connectivity index (χ1v) is 10.2. The summed E-state index contributed by atoms with van der Waals surface area (Å²) in [4.78, 5) is 12.4. The number of aliphatic imine (C=N–C) groups is 1. The molecule has 2 aromatic rings. The molecule has 5 nitrogen and oxygen atoms in total. The number of anilines is 1. The van der Waals surface area contributed by atoms with Crippen molar-refractivity contribution in [3.8, 4) is 0 Å². The topological polar surface area (TPSA) is 52.6 Å². The van der Waals surface area contributed by atoms with Gasteiger partial charge in [-0.1, -0.05) is 23.7 Å². The highest BCUT2D eigenvalue weighted by atomic mass is 127. The van der Waals surface area contributed by atoms with Crippen LogP contribution in [0, 0.1) is 6.92 Å². The Balaban J connectivity index is 0.00000261. The average Bonchev–Trinajstić information content (AvgIpc) is 3.06. The van der Waals surface area contributed by atoms with E-state index in [9.17, 15) is 0 Å². The number of benzene rings is 1. The molecule has 1 aromatic carbocycles. The Morgan fingerprint density at radius 2 is 2.22 bits per heavy atom. The molecule has 2 N–H and O–H groups in total. The van der Waals surface area contributed by atoms with Crippen LogP contribution in [0.4, 0.5) is 5.69 Å². The molecule has 0 amide bonds. The van der Waals surface area contributed by atoms with E-state index in [0.717, 1.165) is 60.6 Å². The smallest absolute Gasteiger partial charge is 0.191 e. The molecule has 0 saturated carbocycles. The number of aromatic nitrogens is 1. The molecule has 1 fully saturated rings. The first-order valence-electron chi connectivity index (χ1n) is 9.03. The van der Waals surface area contributed by atoms with Crippen LogP contribution in [-0.4, -0.2) is 43.7 Å². The first kappa shape index (κ1) is 22.2. The van der Waals surface area contributed by atoms with E-state index in [0.29, 0.717) is 6.04 Å². The van der Waals surface area contributed by atoms with Gasteiger partial charge >= 0.3 is 0 Å². The lowest BCUT2D eigenvalue weighted by atomic mass is 10.0. The van der Waals surface area contributed by atoms with E-state index in [-0.39, 0.29) is 24.0 Å². The molecule has 0 radical (unpaired) electrons. The Labute approximate surface area is 187 Å². The van der Waals surface area contributed by atoms with Crippen molar-refractivity contribution in [1.82, 2.24) is 15.6 Å². The first-order chi connectivity index (χ1) is 12.7. The minimum absolute atomic E-state index is 0. The molecular weight excluding hydrogens is 493 g/mol. The Morgan fingerprint density at radius 1 is 1.41 bits per heavy atom. The molecule has 0 bridgehead atoms. The summed E-state index contributed by atoms with van der Waals surface area (Å²) in [6.45, 7) is 4.88. The SMILES string of the molecule is CN=C(NCCc1ncc(C)s1)NC1CCCN(c2ccccc2Cl)C1.I. The van der Waals surface area contributed by atoms with E-state index in [4.69, 9.17) is 11.6 Å². The van der Waals surface area contributed by atoms with Gasteiger partial charge < -0.3 is 15.5 Å². The van der Waals surface area contributed by atoms with Crippen LogP contribution in [0.2, 0.25) is 5.02 Å². The maximum Gasteiger partial charge on any atom is 0.191 e. The van der Waals surface area contributed by atoms with Gasteiger partial charge in [0.15, 0.2) is 5.96 Å². The number of guanidine groups is 1. The second-order valence-electron chi connectivity index (χ2n) is 6.49. The number of nitrogens with zero attached hydrogens (tertiary/aromatic N) is 3. The minimum Gasteiger partial charge on any atom is -0.368 e. The number of hydrogen-bond donors (Lipinski definition) is 2. The van der Waals surface area contributed by atoms with E-state index in [2.05, 4.69) is 38.5 Å². The third-order valence-corrected chi connectivity index (χ3v) is 5.77. The Bertz CT molecular complexity index is 751.